The van der Waals surface area contributed by atoms with Crippen LogP contribution >= 0.6 is 12.2 Å². The van der Waals surface area contributed by atoms with Crippen LogP contribution in [0, 0.1) is 11.3 Å². The average molecular weight is 460 g/mol. The van der Waals surface area contributed by atoms with E-state index in [4.69, 9.17) is 17.0 Å². The van der Waals surface area contributed by atoms with Gasteiger partial charge in [0, 0.05) is 24.4 Å². The van der Waals surface area contributed by atoms with Crippen molar-refractivity contribution in [2.24, 2.45) is 11.3 Å². The first-order valence-electron chi connectivity index (χ1n) is 11.3. The lowest BCUT2D eigenvalue weighted by Gasteiger charge is -2.37. The number of rotatable bonds is 8. The molecule has 0 fully saturated rings. The van der Waals surface area contributed by atoms with Crippen molar-refractivity contribution in [2.75, 3.05) is 18.5 Å². The Morgan fingerprint density at radius 2 is 1.97 bits per heavy atom. The number of nitrogens with one attached hydrogen (secondary N) is 2. The summed E-state index contributed by atoms with van der Waals surface area (Å²) in [5, 5.41) is 6.85. The molecule has 1 aromatic rings. The fraction of sp³-hybridized carbons (Fsp3) is 0.560. The van der Waals surface area contributed by atoms with Crippen LogP contribution in [-0.4, -0.2) is 35.0 Å². The standard InChI is InChI=1S/C25H37N3O3S/c1-8-28-17(4)21(23(30)31-9-2)22(27-24(28)32)18-11-10-12-19(14-18)26-20(29)13-16(3)15-25(5,6)7/h10-12,14,16,22H,8-9,13,15H2,1-7H3,(H,26,29)(H,27,32)/t16-,22-/m0/s1. The number of hydrogen-bond donors (Lipinski definition) is 2. The van der Waals surface area contributed by atoms with E-state index < -0.39 is 6.04 Å². The number of hydrogen-bond acceptors (Lipinski definition) is 4. The maximum atomic E-state index is 12.8. The van der Waals surface area contributed by atoms with Crippen molar-refractivity contribution in [3.05, 3.63) is 41.1 Å². The van der Waals surface area contributed by atoms with Crippen LogP contribution in [0.4, 0.5) is 5.69 Å². The molecular weight excluding hydrogens is 422 g/mol. The zero-order chi connectivity index (χ0) is 24.1. The predicted molar refractivity (Wildman–Crippen MR) is 133 cm³/mol. The Morgan fingerprint density at radius 3 is 2.56 bits per heavy atom. The Hall–Kier alpha value is -2.41. The Morgan fingerprint density at radius 1 is 1.28 bits per heavy atom. The number of thiocarbonyl (C=S) groups is 1. The van der Waals surface area contributed by atoms with Crippen molar-refractivity contribution in [3.8, 4) is 0 Å². The van der Waals surface area contributed by atoms with Gasteiger partial charge >= 0.3 is 5.97 Å². The Kier molecular flexibility index (Phi) is 8.84. The third kappa shape index (κ3) is 6.79. The SMILES string of the molecule is CCOC(=O)C1=C(C)N(CC)C(=S)N[C@H]1c1cccc(NC(=O)C[C@H](C)CC(C)(C)C)c1. The zero-order valence-electron chi connectivity index (χ0n) is 20.4. The second-order valence-electron chi connectivity index (χ2n) is 9.59. The number of ether oxygens (including phenoxy) is 1. The van der Waals surface area contributed by atoms with Gasteiger partial charge in [-0.25, -0.2) is 4.79 Å². The Labute approximate surface area is 197 Å². The zero-order valence-corrected chi connectivity index (χ0v) is 21.2. The molecule has 0 aliphatic carbocycles. The molecule has 176 valence electrons. The summed E-state index contributed by atoms with van der Waals surface area (Å²) in [6.07, 6.45) is 1.44. The van der Waals surface area contributed by atoms with Crippen molar-refractivity contribution < 1.29 is 14.3 Å². The van der Waals surface area contributed by atoms with Gasteiger partial charge in [0.2, 0.25) is 5.91 Å². The molecule has 1 aromatic carbocycles. The first-order valence-corrected chi connectivity index (χ1v) is 11.7. The van der Waals surface area contributed by atoms with Crippen LogP contribution in [0.15, 0.2) is 35.5 Å². The topological polar surface area (TPSA) is 70.7 Å². The van der Waals surface area contributed by atoms with Gasteiger partial charge in [0.1, 0.15) is 0 Å². The molecule has 32 heavy (non-hydrogen) atoms. The monoisotopic (exact) mass is 459 g/mol. The van der Waals surface area contributed by atoms with Gasteiger partial charge in [-0.3, -0.25) is 4.79 Å². The number of nitrogens with zero attached hydrogens (tertiary/aromatic N) is 1. The van der Waals surface area contributed by atoms with Gasteiger partial charge in [-0.1, -0.05) is 39.8 Å². The summed E-state index contributed by atoms with van der Waals surface area (Å²) in [5.41, 5.74) is 3.04. The van der Waals surface area contributed by atoms with Crippen LogP contribution < -0.4 is 10.6 Å². The second kappa shape index (κ2) is 10.9. The molecule has 0 spiro atoms. The minimum atomic E-state index is -0.444. The van der Waals surface area contributed by atoms with Gasteiger partial charge in [0.25, 0.3) is 0 Å². The summed E-state index contributed by atoms with van der Waals surface area (Å²) < 4.78 is 5.33. The van der Waals surface area contributed by atoms with Crippen LogP contribution in [-0.2, 0) is 14.3 Å². The highest BCUT2D eigenvalue weighted by molar-refractivity contribution is 7.80. The maximum absolute atomic E-state index is 12.8. The van der Waals surface area contributed by atoms with E-state index in [1.54, 1.807) is 6.92 Å². The van der Waals surface area contributed by atoms with Gasteiger partial charge in [0.05, 0.1) is 18.2 Å². The molecule has 2 N–H and O–H groups in total. The molecule has 1 amide bonds. The third-order valence-electron chi connectivity index (χ3n) is 5.41. The van der Waals surface area contributed by atoms with Crippen molar-refractivity contribution in [1.29, 1.82) is 0 Å². The highest BCUT2D eigenvalue weighted by atomic mass is 32.1. The molecule has 7 heteroatoms. The van der Waals surface area contributed by atoms with Crippen molar-refractivity contribution in [3.63, 3.8) is 0 Å². The molecule has 0 saturated carbocycles. The van der Waals surface area contributed by atoms with Gasteiger partial charge < -0.3 is 20.3 Å². The first-order chi connectivity index (χ1) is 15.0. The number of amides is 1. The first kappa shape index (κ1) is 25.8. The molecule has 1 aliphatic rings. The molecule has 0 saturated heterocycles. The van der Waals surface area contributed by atoms with Crippen LogP contribution in [0.25, 0.3) is 0 Å². The number of esters is 1. The Balaban J connectivity index is 2.27. The lowest BCUT2D eigenvalue weighted by molar-refractivity contribution is -0.139. The molecule has 2 rings (SSSR count). The van der Waals surface area contributed by atoms with E-state index in [0.717, 1.165) is 17.7 Å². The summed E-state index contributed by atoms with van der Waals surface area (Å²) >= 11 is 5.54. The van der Waals surface area contributed by atoms with E-state index in [1.807, 2.05) is 43.0 Å². The molecule has 0 aromatic heterocycles. The maximum Gasteiger partial charge on any atom is 0.338 e. The molecule has 1 aliphatic heterocycles. The summed E-state index contributed by atoms with van der Waals surface area (Å²) in [5.74, 6) is -0.0917. The van der Waals surface area contributed by atoms with Crippen molar-refractivity contribution in [2.45, 2.75) is 67.3 Å². The number of carbonyl (C=O) groups is 2. The minimum Gasteiger partial charge on any atom is -0.463 e. The largest absolute Gasteiger partial charge is 0.463 e. The van der Waals surface area contributed by atoms with E-state index in [0.29, 0.717) is 35.9 Å². The van der Waals surface area contributed by atoms with E-state index >= 15 is 0 Å². The molecule has 0 unspecified atom stereocenters. The van der Waals surface area contributed by atoms with Crippen LogP contribution in [0.1, 0.15) is 72.9 Å². The van der Waals surface area contributed by atoms with Crippen LogP contribution in [0.5, 0.6) is 0 Å². The fourth-order valence-electron chi connectivity index (χ4n) is 4.33. The van der Waals surface area contributed by atoms with E-state index in [-0.39, 0.29) is 23.2 Å². The highest BCUT2D eigenvalue weighted by Crippen LogP contribution is 2.32. The average Bonchev–Trinajstić information content (AvgIpc) is 2.66. The Bertz CT molecular complexity index is 889. The van der Waals surface area contributed by atoms with E-state index in [1.165, 1.54) is 0 Å². The third-order valence-corrected chi connectivity index (χ3v) is 5.74. The lowest BCUT2D eigenvalue weighted by atomic mass is 9.84. The second-order valence-corrected chi connectivity index (χ2v) is 9.98. The lowest BCUT2D eigenvalue weighted by Crippen LogP contribution is -2.47. The molecule has 2 atom stereocenters. The summed E-state index contributed by atoms with van der Waals surface area (Å²) in [7, 11) is 0. The quantitative estimate of drug-likeness (QED) is 0.413. The van der Waals surface area contributed by atoms with Gasteiger partial charge in [-0.05, 0) is 68.4 Å². The molecule has 0 bridgehead atoms. The number of carbonyl (C=O) groups excluding carboxylic acids is 2. The number of anilines is 1. The van der Waals surface area contributed by atoms with Crippen molar-refractivity contribution in [1.82, 2.24) is 10.2 Å². The van der Waals surface area contributed by atoms with Crippen molar-refractivity contribution >= 4 is 34.9 Å². The van der Waals surface area contributed by atoms with Crippen LogP contribution in [0.2, 0.25) is 0 Å². The highest BCUT2D eigenvalue weighted by Gasteiger charge is 2.34. The van der Waals surface area contributed by atoms with Gasteiger partial charge in [-0.2, -0.15) is 0 Å². The molecule has 1 heterocycles. The summed E-state index contributed by atoms with van der Waals surface area (Å²) in [4.78, 5) is 27.3. The van der Waals surface area contributed by atoms with Crippen LogP contribution in [0.3, 0.4) is 0 Å². The normalized spacial score (nSPS) is 17.7. The molecule has 6 nitrogen and oxygen atoms in total. The van der Waals surface area contributed by atoms with E-state index in [9.17, 15) is 9.59 Å². The van der Waals surface area contributed by atoms with Gasteiger partial charge in [-0.15, -0.1) is 0 Å². The summed E-state index contributed by atoms with van der Waals surface area (Å²) in [6, 6.07) is 7.10. The molecule has 0 radical (unpaired) electrons. The smallest absolute Gasteiger partial charge is 0.338 e. The van der Waals surface area contributed by atoms with E-state index in [2.05, 4.69) is 38.3 Å². The predicted octanol–water partition coefficient (Wildman–Crippen LogP) is 5.18. The number of benzene rings is 1. The van der Waals surface area contributed by atoms with Gasteiger partial charge in [0.15, 0.2) is 5.11 Å². The summed E-state index contributed by atoms with van der Waals surface area (Å²) in [6.45, 7) is 15.3. The minimum absolute atomic E-state index is 0.0134. The molecular formula is C25H37N3O3S. The fourth-order valence-corrected chi connectivity index (χ4v) is 4.71. The number of allylic oxidation sites excluding steroid dienone is 1.